The number of carbonyl (C=O) groups is 1. The van der Waals surface area contributed by atoms with Gasteiger partial charge in [-0.05, 0) is 30.3 Å². The number of para-hydroxylation sites is 1. The Kier molecular flexibility index (Phi) is 3.23. The van der Waals surface area contributed by atoms with Gasteiger partial charge in [0.2, 0.25) is 0 Å². The molecule has 5 heteroatoms. The van der Waals surface area contributed by atoms with Crippen molar-refractivity contribution in [1.82, 2.24) is 4.98 Å². The number of halogens is 1. The van der Waals surface area contributed by atoms with Gasteiger partial charge in [-0.1, -0.05) is 18.2 Å². The Hall–Kier alpha value is -2.95. The number of rotatable bonds is 2. The maximum Gasteiger partial charge on any atom is 0.258 e. The molecule has 1 heterocycles. The van der Waals surface area contributed by atoms with E-state index in [1.807, 2.05) is 18.2 Å². The van der Waals surface area contributed by atoms with Gasteiger partial charge in [0.15, 0.2) is 0 Å². The van der Waals surface area contributed by atoms with Gasteiger partial charge in [-0.25, -0.2) is 4.39 Å². The Morgan fingerprint density at radius 3 is 2.76 bits per heavy atom. The second-order valence-corrected chi connectivity index (χ2v) is 4.57. The number of aromatic nitrogens is 1. The van der Waals surface area contributed by atoms with Crippen molar-refractivity contribution in [3.63, 3.8) is 0 Å². The molecule has 0 aliphatic heterocycles. The van der Waals surface area contributed by atoms with E-state index in [2.05, 4.69) is 10.3 Å². The van der Waals surface area contributed by atoms with Crippen LogP contribution in [-0.4, -0.2) is 10.9 Å². The highest BCUT2D eigenvalue weighted by Gasteiger charge is 2.13. The Labute approximate surface area is 120 Å². The van der Waals surface area contributed by atoms with Crippen LogP contribution in [0.3, 0.4) is 0 Å². The van der Waals surface area contributed by atoms with Gasteiger partial charge in [0.1, 0.15) is 5.82 Å². The van der Waals surface area contributed by atoms with Crippen LogP contribution in [0.2, 0.25) is 0 Å². The molecule has 0 atom stereocenters. The number of amides is 1. The van der Waals surface area contributed by atoms with Crippen molar-refractivity contribution in [2.24, 2.45) is 0 Å². The van der Waals surface area contributed by atoms with E-state index in [1.165, 1.54) is 12.1 Å². The zero-order valence-corrected chi connectivity index (χ0v) is 11.0. The Bertz CT molecular complexity index is 827. The molecule has 0 fully saturated rings. The second-order valence-electron chi connectivity index (χ2n) is 4.57. The number of hydrogen-bond donors (Lipinski definition) is 2. The predicted octanol–water partition coefficient (Wildman–Crippen LogP) is 3.21. The van der Waals surface area contributed by atoms with Gasteiger partial charge in [-0.3, -0.25) is 9.78 Å². The molecule has 0 saturated heterocycles. The number of nitrogens with two attached hydrogens (primary N) is 1. The monoisotopic (exact) mass is 281 g/mol. The number of nitrogen functional groups attached to an aromatic ring is 1. The molecule has 2 aromatic carbocycles. The summed E-state index contributed by atoms with van der Waals surface area (Å²) in [5.41, 5.74) is 6.88. The zero-order chi connectivity index (χ0) is 14.8. The van der Waals surface area contributed by atoms with Crippen molar-refractivity contribution < 1.29 is 9.18 Å². The van der Waals surface area contributed by atoms with Gasteiger partial charge < -0.3 is 11.1 Å². The van der Waals surface area contributed by atoms with Crippen LogP contribution in [0.25, 0.3) is 10.9 Å². The Morgan fingerprint density at radius 2 is 1.95 bits per heavy atom. The maximum absolute atomic E-state index is 13.8. The summed E-state index contributed by atoms with van der Waals surface area (Å²) >= 11 is 0. The fraction of sp³-hybridized carbons (Fsp3) is 0. The van der Waals surface area contributed by atoms with Crippen LogP contribution in [0.15, 0.2) is 54.7 Å². The molecule has 0 saturated carbocycles. The summed E-state index contributed by atoms with van der Waals surface area (Å²) in [7, 11) is 0. The van der Waals surface area contributed by atoms with Crippen molar-refractivity contribution in [2.75, 3.05) is 11.1 Å². The number of nitrogens with one attached hydrogen (secondary N) is 1. The first-order valence-electron chi connectivity index (χ1n) is 6.35. The normalized spacial score (nSPS) is 10.5. The van der Waals surface area contributed by atoms with Crippen molar-refractivity contribution in [2.45, 2.75) is 0 Å². The van der Waals surface area contributed by atoms with E-state index in [-0.39, 0.29) is 11.3 Å². The van der Waals surface area contributed by atoms with Crippen LogP contribution in [0, 0.1) is 5.82 Å². The average molecular weight is 281 g/mol. The molecule has 3 N–H and O–H groups in total. The van der Waals surface area contributed by atoms with Crippen LogP contribution in [-0.2, 0) is 0 Å². The molecule has 0 aliphatic carbocycles. The predicted molar refractivity (Wildman–Crippen MR) is 80.5 cm³/mol. The number of anilines is 2. The van der Waals surface area contributed by atoms with Crippen molar-refractivity contribution >= 4 is 28.2 Å². The van der Waals surface area contributed by atoms with E-state index in [1.54, 1.807) is 18.3 Å². The summed E-state index contributed by atoms with van der Waals surface area (Å²) in [6, 6.07) is 13.1. The molecule has 0 aliphatic rings. The summed E-state index contributed by atoms with van der Waals surface area (Å²) < 4.78 is 13.8. The maximum atomic E-state index is 13.8. The first kappa shape index (κ1) is 13.1. The highest BCUT2D eigenvalue weighted by molar-refractivity contribution is 6.08. The van der Waals surface area contributed by atoms with Crippen molar-refractivity contribution in [1.29, 1.82) is 0 Å². The highest BCUT2D eigenvalue weighted by Crippen LogP contribution is 2.22. The minimum absolute atomic E-state index is 0.0582. The smallest absolute Gasteiger partial charge is 0.258 e. The Morgan fingerprint density at radius 1 is 1.14 bits per heavy atom. The SMILES string of the molecule is Nc1ccc(C(=O)Nc2cccc3cccnc23)c(F)c1. The summed E-state index contributed by atoms with van der Waals surface area (Å²) in [4.78, 5) is 16.4. The third-order valence-corrected chi connectivity index (χ3v) is 3.12. The Balaban J connectivity index is 1.97. The zero-order valence-electron chi connectivity index (χ0n) is 11.0. The average Bonchev–Trinajstić information content (AvgIpc) is 2.47. The molecular formula is C16H12FN3O. The number of benzene rings is 2. The number of carbonyl (C=O) groups excluding carboxylic acids is 1. The van der Waals surface area contributed by atoms with E-state index < -0.39 is 11.7 Å². The molecular weight excluding hydrogens is 269 g/mol. The third kappa shape index (κ3) is 2.53. The fourth-order valence-corrected chi connectivity index (χ4v) is 2.11. The van der Waals surface area contributed by atoms with Gasteiger partial charge >= 0.3 is 0 Å². The first-order valence-corrected chi connectivity index (χ1v) is 6.35. The summed E-state index contributed by atoms with van der Waals surface area (Å²) in [5.74, 6) is -1.19. The number of fused-ring (bicyclic) bond motifs is 1. The lowest BCUT2D eigenvalue weighted by Crippen LogP contribution is -2.14. The lowest BCUT2D eigenvalue weighted by molar-refractivity contribution is 0.102. The molecule has 0 bridgehead atoms. The van der Waals surface area contributed by atoms with Crippen LogP contribution in [0.1, 0.15) is 10.4 Å². The number of pyridine rings is 1. The number of hydrogen-bond acceptors (Lipinski definition) is 3. The van der Waals surface area contributed by atoms with E-state index in [0.717, 1.165) is 11.5 Å². The van der Waals surface area contributed by atoms with Crippen molar-refractivity contribution in [3.8, 4) is 0 Å². The minimum atomic E-state index is -0.652. The van der Waals surface area contributed by atoms with Crippen LogP contribution < -0.4 is 11.1 Å². The van der Waals surface area contributed by atoms with E-state index in [9.17, 15) is 9.18 Å². The van der Waals surface area contributed by atoms with Crippen LogP contribution >= 0.6 is 0 Å². The lowest BCUT2D eigenvalue weighted by Gasteiger charge is -2.08. The van der Waals surface area contributed by atoms with Crippen molar-refractivity contribution in [3.05, 3.63) is 66.1 Å². The quantitative estimate of drug-likeness (QED) is 0.709. The van der Waals surface area contributed by atoms with Gasteiger partial charge in [0.25, 0.3) is 5.91 Å². The second kappa shape index (κ2) is 5.20. The molecule has 21 heavy (non-hydrogen) atoms. The topological polar surface area (TPSA) is 68.0 Å². The van der Waals surface area contributed by atoms with E-state index >= 15 is 0 Å². The molecule has 4 nitrogen and oxygen atoms in total. The summed E-state index contributed by atoms with van der Waals surface area (Å²) in [6.07, 6.45) is 1.64. The first-order chi connectivity index (χ1) is 10.1. The standard InChI is InChI=1S/C16H12FN3O/c17-13-9-11(18)6-7-12(13)16(21)20-14-5-1-3-10-4-2-8-19-15(10)14/h1-9H,18H2,(H,20,21). The molecule has 104 valence electrons. The van der Waals surface area contributed by atoms with Gasteiger partial charge in [0.05, 0.1) is 16.8 Å². The molecule has 3 rings (SSSR count). The van der Waals surface area contributed by atoms with Crippen LogP contribution in [0.4, 0.5) is 15.8 Å². The van der Waals surface area contributed by atoms with E-state index in [4.69, 9.17) is 5.73 Å². The molecule has 0 spiro atoms. The summed E-state index contributed by atoms with van der Waals surface area (Å²) in [5, 5.41) is 3.58. The molecule has 1 amide bonds. The molecule has 0 radical (unpaired) electrons. The third-order valence-electron chi connectivity index (χ3n) is 3.12. The lowest BCUT2D eigenvalue weighted by atomic mass is 10.1. The van der Waals surface area contributed by atoms with Gasteiger partial charge in [-0.2, -0.15) is 0 Å². The van der Waals surface area contributed by atoms with Crippen LogP contribution in [0.5, 0.6) is 0 Å². The van der Waals surface area contributed by atoms with Gasteiger partial charge in [-0.15, -0.1) is 0 Å². The molecule has 3 aromatic rings. The fourth-order valence-electron chi connectivity index (χ4n) is 2.11. The van der Waals surface area contributed by atoms with Gasteiger partial charge in [0, 0.05) is 17.3 Å². The minimum Gasteiger partial charge on any atom is -0.399 e. The van der Waals surface area contributed by atoms with E-state index in [0.29, 0.717) is 11.2 Å². The highest BCUT2D eigenvalue weighted by atomic mass is 19.1. The largest absolute Gasteiger partial charge is 0.399 e. The number of nitrogens with zero attached hydrogens (tertiary/aromatic N) is 1. The molecule has 1 aromatic heterocycles. The summed E-state index contributed by atoms with van der Waals surface area (Å²) in [6.45, 7) is 0. The molecule has 0 unspecified atom stereocenters.